The van der Waals surface area contributed by atoms with Crippen LogP contribution in [0.15, 0.2) is 28.8 Å². The highest BCUT2D eigenvalue weighted by atomic mass is 35.7. The largest absolute Gasteiger partial charge is 0.338 e. The third kappa shape index (κ3) is 3.04. The van der Waals surface area contributed by atoms with Crippen molar-refractivity contribution in [1.29, 1.82) is 0 Å². The van der Waals surface area contributed by atoms with E-state index in [1.165, 1.54) is 0 Å². The minimum absolute atomic E-state index is 0.0155. The zero-order valence-electron chi connectivity index (χ0n) is 8.92. The maximum absolute atomic E-state index is 10.9. The van der Waals surface area contributed by atoms with Crippen LogP contribution in [-0.2, 0) is 14.8 Å². The van der Waals surface area contributed by atoms with Gasteiger partial charge in [-0.2, -0.15) is 4.98 Å². The van der Waals surface area contributed by atoms with Gasteiger partial charge in [-0.15, -0.1) is 0 Å². The lowest BCUT2D eigenvalue weighted by Gasteiger charge is -1.97. The second-order valence-electron chi connectivity index (χ2n) is 3.51. The molecule has 90 valence electrons. The molecule has 2 rings (SSSR count). The number of rotatable bonds is 3. The van der Waals surface area contributed by atoms with Crippen molar-refractivity contribution in [1.82, 2.24) is 10.1 Å². The number of nitrogens with zero attached hydrogens (tertiary/aromatic N) is 2. The molecule has 0 fully saturated rings. The first-order chi connectivity index (χ1) is 7.96. The normalized spacial score (nSPS) is 11.6. The molecule has 0 N–H and O–H groups in total. The molecule has 0 unspecified atom stereocenters. The van der Waals surface area contributed by atoms with Crippen molar-refractivity contribution >= 4 is 19.7 Å². The molecule has 0 aliphatic rings. The summed E-state index contributed by atoms with van der Waals surface area (Å²) >= 11 is 0. The Hall–Kier alpha value is -1.40. The summed E-state index contributed by atoms with van der Waals surface area (Å²) in [6, 6.07) is 7.47. The molecule has 0 aliphatic heterocycles. The second kappa shape index (κ2) is 4.46. The van der Waals surface area contributed by atoms with Gasteiger partial charge in [0, 0.05) is 16.2 Å². The van der Waals surface area contributed by atoms with Gasteiger partial charge in [-0.05, 0) is 12.5 Å². The summed E-state index contributed by atoms with van der Waals surface area (Å²) in [4.78, 5) is 3.99. The second-order valence-corrected chi connectivity index (χ2v) is 6.29. The van der Waals surface area contributed by atoms with Gasteiger partial charge in [-0.1, -0.05) is 29.4 Å². The third-order valence-electron chi connectivity index (χ3n) is 2.15. The summed E-state index contributed by atoms with van der Waals surface area (Å²) in [5, 5.41) is 3.72. The molecule has 17 heavy (non-hydrogen) atoms. The highest BCUT2D eigenvalue weighted by molar-refractivity contribution is 8.13. The van der Waals surface area contributed by atoms with Crippen molar-refractivity contribution in [2.75, 3.05) is 0 Å². The first kappa shape index (κ1) is 12.1. The predicted octanol–water partition coefficient (Wildman–Crippen LogP) is 2.11. The average molecular weight is 273 g/mol. The van der Waals surface area contributed by atoms with Crippen LogP contribution in [0.4, 0.5) is 0 Å². The van der Waals surface area contributed by atoms with Crippen LogP contribution in [-0.4, -0.2) is 18.6 Å². The van der Waals surface area contributed by atoms with Gasteiger partial charge in [0.1, 0.15) is 5.75 Å². The van der Waals surface area contributed by atoms with Gasteiger partial charge in [-0.25, -0.2) is 8.42 Å². The zero-order chi connectivity index (χ0) is 12.5. The molecule has 1 aromatic heterocycles. The van der Waals surface area contributed by atoms with E-state index in [1.54, 1.807) is 0 Å². The van der Waals surface area contributed by atoms with Gasteiger partial charge in [-0.3, -0.25) is 0 Å². The van der Waals surface area contributed by atoms with Gasteiger partial charge in [0.25, 0.3) is 0 Å². The summed E-state index contributed by atoms with van der Waals surface area (Å²) in [5.41, 5.74) is 1.78. The number of halogens is 1. The summed E-state index contributed by atoms with van der Waals surface area (Å²) in [6.07, 6.45) is 0. The fourth-order valence-corrected chi connectivity index (χ4v) is 2.09. The molecule has 5 nitrogen and oxygen atoms in total. The number of aryl methyl sites for hydroxylation is 1. The number of hydrogen-bond acceptors (Lipinski definition) is 5. The van der Waals surface area contributed by atoms with Crippen LogP contribution in [0.3, 0.4) is 0 Å². The Balaban J connectivity index is 2.34. The van der Waals surface area contributed by atoms with Crippen LogP contribution in [0.5, 0.6) is 0 Å². The van der Waals surface area contributed by atoms with Crippen LogP contribution < -0.4 is 0 Å². The zero-order valence-corrected chi connectivity index (χ0v) is 10.5. The summed E-state index contributed by atoms with van der Waals surface area (Å²) < 4.78 is 26.5. The molecular formula is C10H9ClN2O3S. The van der Waals surface area contributed by atoms with E-state index in [9.17, 15) is 8.42 Å². The van der Waals surface area contributed by atoms with Crippen molar-refractivity contribution in [3.8, 4) is 11.4 Å². The van der Waals surface area contributed by atoms with E-state index in [-0.39, 0.29) is 5.89 Å². The molecule has 0 aliphatic carbocycles. The maximum Gasteiger partial charge on any atom is 0.243 e. The molecule has 0 radical (unpaired) electrons. The van der Waals surface area contributed by atoms with E-state index in [4.69, 9.17) is 15.2 Å². The quantitative estimate of drug-likeness (QED) is 0.800. The van der Waals surface area contributed by atoms with Crippen LogP contribution in [0.1, 0.15) is 11.5 Å². The molecule has 0 saturated heterocycles. The monoisotopic (exact) mass is 272 g/mol. The first-order valence-corrected chi connectivity index (χ1v) is 7.24. The lowest BCUT2D eigenvalue weighted by molar-refractivity contribution is 0.390. The predicted molar refractivity (Wildman–Crippen MR) is 62.9 cm³/mol. The summed E-state index contributed by atoms with van der Waals surface area (Å²) in [6.45, 7) is 1.91. The fourth-order valence-electron chi connectivity index (χ4n) is 1.39. The van der Waals surface area contributed by atoms with Crippen molar-refractivity contribution in [2.24, 2.45) is 0 Å². The highest BCUT2D eigenvalue weighted by Crippen LogP contribution is 2.20. The number of hydrogen-bond donors (Lipinski definition) is 0. The molecule has 0 amide bonds. The standard InChI is InChI=1S/C10H9ClN2O3S/c1-7-4-2-3-5-8(7)10-12-9(16-13-10)6-17(11,14)15/h2-5H,6H2,1H3. The van der Waals surface area contributed by atoms with Crippen LogP contribution in [0.25, 0.3) is 11.4 Å². The number of aromatic nitrogens is 2. The fraction of sp³-hybridized carbons (Fsp3) is 0.200. The average Bonchev–Trinajstić information content (AvgIpc) is 2.64. The Labute approximate surface area is 103 Å². The lowest BCUT2D eigenvalue weighted by atomic mass is 10.1. The van der Waals surface area contributed by atoms with Crippen LogP contribution in [0.2, 0.25) is 0 Å². The molecule has 0 spiro atoms. The van der Waals surface area contributed by atoms with E-state index < -0.39 is 14.8 Å². The Kier molecular flexibility index (Phi) is 3.17. The molecular weight excluding hydrogens is 264 g/mol. The topological polar surface area (TPSA) is 73.1 Å². The highest BCUT2D eigenvalue weighted by Gasteiger charge is 2.15. The third-order valence-corrected chi connectivity index (χ3v) is 3.07. The van der Waals surface area contributed by atoms with Crippen molar-refractivity contribution < 1.29 is 12.9 Å². The van der Waals surface area contributed by atoms with Gasteiger partial charge < -0.3 is 4.52 Å². The van der Waals surface area contributed by atoms with Crippen molar-refractivity contribution in [3.05, 3.63) is 35.7 Å². The molecule has 2 aromatic rings. The first-order valence-electron chi connectivity index (χ1n) is 4.76. The Bertz CT molecular complexity index is 637. The SMILES string of the molecule is Cc1ccccc1-c1noc(CS(=O)(=O)Cl)n1. The van der Waals surface area contributed by atoms with Gasteiger partial charge in [0.2, 0.25) is 20.8 Å². The van der Waals surface area contributed by atoms with E-state index in [0.717, 1.165) is 11.1 Å². The Morgan fingerprint density at radius 3 is 2.71 bits per heavy atom. The van der Waals surface area contributed by atoms with E-state index in [1.807, 2.05) is 31.2 Å². The minimum atomic E-state index is -3.68. The smallest absolute Gasteiger partial charge is 0.243 e. The van der Waals surface area contributed by atoms with E-state index in [0.29, 0.717) is 5.82 Å². The molecule has 0 atom stereocenters. The number of benzene rings is 1. The lowest BCUT2D eigenvalue weighted by Crippen LogP contribution is -1.95. The summed E-state index contributed by atoms with van der Waals surface area (Å²) in [7, 11) is 1.42. The van der Waals surface area contributed by atoms with Crippen molar-refractivity contribution in [3.63, 3.8) is 0 Å². The van der Waals surface area contributed by atoms with E-state index >= 15 is 0 Å². The molecule has 1 heterocycles. The molecule has 0 bridgehead atoms. The van der Waals surface area contributed by atoms with Gasteiger partial charge >= 0.3 is 0 Å². The van der Waals surface area contributed by atoms with Crippen LogP contribution in [0, 0.1) is 6.92 Å². The molecule has 0 saturated carbocycles. The van der Waals surface area contributed by atoms with Crippen LogP contribution >= 0.6 is 10.7 Å². The Morgan fingerprint density at radius 1 is 1.35 bits per heavy atom. The summed E-state index contributed by atoms with van der Waals surface area (Å²) in [5.74, 6) is -0.121. The van der Waals surface area contributed by atoms with Gasteiger partial charge in [0.15, 0.2) is 0 Å². The minimum Gasteiger partial charge on any atom is -0.338 e. The van der Waals surface area contributed by atoms with E-state index in [2.05, 4.69) is 10.1 Å². The molecule has 7 heteroatoms. The maximum atomic E-state index is 10.9. The molecule has 1 aromatic carbocycles. The Morgan fingerprint density at radius 2 is 2.06 bits per heavy atom. The van der Waals surface area contributed by atoms with Gasteiger partial charge in [0.05, 0.1) is 0 Å². The van der Waals surface area contributed by atoms with Crippen molar-refractivity contribution in [2.45, 2.75) is 12.7 Å².